The number of nitrogens with two attached hydrogens (primary N) is 1. The average molecular weight is 238 g/mol. The summed E-state index contributed by atoms with van der Waals surface area (Å²) in [7, 11) is 4.01. The van der Waals surface area contributed by atoms with E-state index >= 15 is 0 Å². The van der Waals surface area contributed by atoms with Crippen molar-refractivity contribution in [2.45, 2.75) is 12.8 Å². The Morgan fingerprint density at radius 2 is 2.19 bits per heavy atom. The van der Waals surface area contributed by atoms with Crippen molar-refractivity contribution >= 4 is 22.9 Å². The summed E-state index contributed by atoms with van der Waals surface area (Å²) < 4.78 is 5.61. The van der Waals surface area contributed by atoms with Gasteiger partial charge in [0.05, 0.1) is 11.6 Å². The molecule has 0 amide bonds. The van der Waals surface area contributed by atoms with Crippen LogP contribution in [0.1, 0.15) is 12.8 Å². The normalized spacial score (nSPS) is 9.88. The lowest BCUT2D eigenvalue weighted by molar-refractivity contribution is 0.314. The van der Waals surface area contributed by atoms with E-state index in [4.69, 9.17) is 22.7 Å². The van der Waals surface area contributed by atoms with Crippen molar-refractivity contribution in [3.05, 3.63) is 24.3 Å². The maximum Gasteiger partial charge on any atom is 0.121 e. The van der Waals surface area contributed by atoms with E-state index in [-0.39, 0.29) is 0 Å². The molecule has 0 saturated carbocycles. The van der Waals surface area contributed by atoms with Crippen LogP contribution in [0.25, 0.3) is 0 Å². The number of hydrogen-bond acceptors (Lipinski definition) is 3. The van der Waals surface area contributed by atoms with Crippen LogP contribution in [0.5, 0.6) is 5.75 Å². The standard InChI is InChI=1S/C12H18N2OS/c1-14(2)10-5-3-6-11(9-10)15-8-4-7-12(13)16/h3,5-6,9H,4,7-8H2,1-2H3,(H2,13,16). The lowest BCUT2D eigenvalue weighted by Gasteiger charge is -2.14. The number of ether oxygens (including phenoxy) is 1. The van der Waals surface area contributed by atoms with Gasteiger partial charge in [0.1, 0.15) is 5.75 Å². The van der Waals surface area contributed by atoms with Crippen LogP contribution in [0.2, 0.25) is 0 Å². The van der Waals surface area contributed by atoms with E-state index in [1.165, 1.54) is 0 Å². The van der Waals surface area contributed by atoms with Crippen molar-refractivity contribution in [1.82, 2.24) is 0 Å². The number of benzene rings is 1. The first kappa shape index (κ1) is 12.8. The smallest absolute Gasteiger partial charge is 0.121 e. The fourth-order valence-corrected chi connectivity index (χ4v) is 1.43. The molecule has 0 aliphatic rings. The molecule has 0 fully saturated rings. The largest absolute Gasteiger partial charge is 0.494 e. The number of anilines is 1. The summed E-state index contributed by atoms with van der Waals surface area (Å²) in [4.78, 5) is 2.59. The maximum absolute atomic E-state index is 5.61. The molecule has 3 nitrogen and oxygen atoms in total. The third-order valence-electron chi connectivity index (χ3n) is 2.17. The highest BCUT2D eigenvalue weighted by molar-refractivity contribution is 7.80. The number of thiocarbonyl (C=S) groups is 1. The van der Waals surface area contributed by atoms with Gasteiger partial charge < -0.3 is 15.4 Å². The maximum atomic E-state index is 5.61. The van der Waals surface area contributed by atoms with Crippen molar-refractivity contribution in [2.24, 2.45) is 5.73 Å². The van der Waals surface area contributed by atoms with Crippen LogP contribution in [0.4, 0.5) is 5.69 Å². The van der Waals surface area contributed by atoms with Gasteiger partial charge >= 0.3 is 0 Å². The van der Waals surface area contributed by atoms with Gasteiger partial charge in [0.15, 0.2) is 0 Å². The van der Waals surface area contributed by atoms with E-state index in [9.17, 15) is 0 Å². The Labute approximate surface area is 102 Å². The highest BCUT2D eigenvalue weighted by Crippen LogP contribution is 2.19. The SMILES string of the molecule is CN(C)c1cccc(OCCCC(N)=S)c1. The fraction of sp³-hybridized carbons (Fsp3) is 0.417. The Kier molecular flexibility index (Phi) is 5.05. The van der Waals surface area contributed by atoms with Gasteiger partial charge in [-0.1, -0.05) is 18.3 Å². The molecule has 0 heterocycles. The van der Waals surface area contributed by atoms with Crippen LogP contribution < -0.4 is 15.4 Å². The zero-order valence-electron chi connectivity index (χ0n) is 9.77. The first-order chi connectivity index (χ1) is 7.59. The Balaban J connectivity index is 2.42. The molecule has 1 rings (SSSR count). The predicted octanol–water partition coefficient (Wildman–Crippen LogP) is 2.20. The van der Waals surface area contributed by atoms with Gasteiger partial charge in [-0.15, -0.1) is 0 Å². The number of hydrogen-bond donors (Lipinski definition) is 1. The Bertz CT molecular complexity index is 353. The fourth-order valence-electron chi connectivity index (χ4n) is 1.29. The molecule has 16 heavy (non-hydrogen) atoms. The van der Waals surface area contributed by atoms with Crippen LogP contribution in [-0.2, 0) is 0 Å². The van der Waals surface area contributed by atoms with E-state index in [2.05, 4.69) is 0 Å². The molecule has 1 aromatic rings. The van der Waals surface area contributed by atoms with Gasteiger partial charge in [0.25, 0.3) is 0 Å². The molecule has 0 saturated heterocycles. The van der Waals surface area contributed by atoms with Crippen molar-refractivity contribution in [3.63, 3.8) is 0 Å². The monoisotopic (exact) mass is 238 g/mol. The highest BCUT2D eigenvalue weighted by atomic mass is 32.1. The third-order valence-corrected chi connectivity index (χ3v) is 2.37. The molecular weight excluding hydrogens is 220 g/mol. The Morgan fingerprint density at radius 1 is 1.44 bits per heavy atom. The van der Waals surface area contributed by atoms with Gasteiger partial charge in [0.2, 0.25) is 0 Å². The van der Waals surface area contributed by atoms with Gasteiger partial charge in [-0.05, 0) is 18.6 Å². The van der Waals surface area contributed by atoms with Crippen molar-refractivity contribution in [2.75, 3.05) is 25.6 Å². The minimum atomic E-state index is 0.547. The lowest BCUT2D eigenvalue weighted by atomic mass is 10.3. The first-order valence-corrected chi connectivity index (χ1v) is 5.69. The predicted molar refractivity (Wildman–Crippen MR) is 72.3 cm³/mol. The van der Waals surface area contributed by atoms with E-state index in [1.807, 2.05) is 43.3 Å². The van der Waals surface area contributed by atoms with E-state index in [0.717, 1.165) is 24.3 Å². The molecule has 2 N–H and O–H groups in total. The number of rotatable bonds is 6. The van der Waals surface area contributed by atoms with E-state index in [1.54, 1.807) is 0 Å². The summed E-state index contributed by atoms with van der Waals surface area (Å²) in [5, 5.41) is 0. The Hall–Kier alpha value is -1.29. The molecule has 0 spiro atoms. The first-order valence-electron chi connectivity index (χ1n) is 5.28. The van der Waals surface area contributed by atoms with Gasteiger partial charge in [-0.3, -0.25) is 0 Å². The van der Waals surface area contributed by atoms with Crippen LogP contribution in [-0.4, -0.2) is 25.7 Å². The van der Waals surface area contributed by atoms with Gasteiger partial charge in [0, 0.05) is 32.3 Å². The molecule has 0 bridgehead atoms. The number of nitrogens with zero attached hydrogens (tertiary/aromatic N) is 1. The summed E-state index contributed by atoms with van der Waals surface area (Å²) in [6, 6.07) is 7.99. The second-order valence-electron chi connectivity index (χ2n) is 3.81. The second kappa shape index (κ2) is 6.33. The summed E-state index contributed by atoms with van der Waals surface area (Å²) in [6.07, 6.45) is 1.60. The quantitative estimate of drug-likeness (QED) is 0.609. The molecule has 1 aromatic carbocycles. The molecule has 4 heteroatoms. The molecule has 0 aliphatic heterocycles. The summed E-state index contributed by atoms with van der Waals surface area (Å²) in [5.74, 6) is 0.883. The third kappa shape index (κ3) is 4.49. The molecule has 0 aliphatic carbocycles. The molecule has 88 valence electrons. The van der Waals surface area contributed by atoms with Crippen LogP contribution in [0.3, 0.4) is 0 Å². The minimum absolute atomic E-state index is 0.547. The zero-order chi connectivity index (χ0) is 12.0. The van der Waals surface area contributed by atoms with Crippen LogP contribution in [0, 0.1) is 0 Å². The van der Waals surface area contributed by atoms with Crippen LogP contribution >= 0.6 is 12.2 Å². The second-order valence-corrected chi connectivity index (χ2v) is 4.33. The minimum Gasteiger partial charge on any atom is -0.494 e. The molecule has 0 unspecified atom stereocenters. The molecule has 0 aromatic heterocycles. The van der Waals surface area contributed by atoms with E-state index in [0.29, 0.717) is 11.6 Å². The van der Waals surface area contributed by atoms with Gasteiger partial charge in [-0.2, -0.15) is 0 Å². The highest BCUT2D eigenvalue weighted by Gasteiger charge is 1.98. The van der Waals surface area contributed by atoms with Gasteiger partial charge in [-0.25, -0.2) is 0 Å². The topological polar surface area (TPSA) is 38.5 Å². The summed E-state index contributed by atoms with van der Waals surface area (Å²) >= 11 is 4.80. The average Bonchev–Trinajstić information content (AvgIpc) is 2.24. The van der Waals surface area contributed by atoms with Crippen molar-refractivity contribution in [1.29, 1.82) is 0 Å². The lowest BCUT2D eigenvalue weighted by Crippen LogP contribution is -2.10. The Morgan fingerprint density at radius 3 is 2.81 bits per heavy atom. The molecular formula is C12H18N2OS. The molecule has 0 radical (unpaired) electrons. The summed E-state index contributed by atoms with van der Waals surface area (Å²) in [6.45, 7) is 0.647. The summed E-state index contributed by atoms with van der Waals surface area (Å²) in [5.41, 5.74) is 6.54. The zero-order valence-corrected chi connectivity index (χ0v) is 10.6. The molecule has 0 atom stereocenters. The van der Waals surface area contributed by atoms with E-state index < -0.39 is 0 Å². The van der Waals surface area contributed by atoms with Crippen molar-refractivity contribution in [3.8, 4) is 5.75 Å². The van der Waals surface area contributed by atoms with Crippen LogP contribution in [0.15, 0.2) is 24.3 Å². The van der Waals surface area contributed by atoms with Crippen molar-refractivity contribution < 1.29 is 4.74 Å².